The van der Waals surface area contributed by atoms with Crippen LogP contribution in [-0.4, -0.2) is 5.91 Å². The van der Waals surface area contributed by atoms with E-state index < -0.39 is 0 Å². The highest BCUT2D eigenvalue weighted by atomic mass is 16.1. The Morgan fingerprint density at radius 3 is 3.07 bits per heavy atom. The Morgan fingerprint density at radius 1 is 1.43 bits per heavy atom. The van der Waals surface area contributed by atoms with Crippen molar-refractivity contribution in [2.45, 2.75) is 19.3 Å². The fourth-order valence-corrected chi connectivity index (χ4v) is 1.84. The zero-order valence-corrected chi connectivity index (χ0v) is 8.05. The van der Waals surface area contributed by atoms with Crippen LogP contribution >= 0.6 is 0 Å². The molecule has 1 amide bonds. The molecule has 72 valence electrons. The Bertz CT molecular complexity index is 368. The van der Waals surface area contributed by atoms with Gasteiger partial charge in [0.25, 0.3) is 0 Å². The number of amides is 1. The fraction of sp³-hybridized carbons (Fsp3) is 0.250. The third-order valence-electron chi connectivity index (χ3n) is 2.51. The van der Waals surface area contributed by atoms with Crippen LogP contribution in [0.3, 0.4) is 0 Å². The van der Waals surface area contributed by atoms with Gasteiger partial charge in [-0.1, -0.05) is 18.2 Å². The summed E-state index contributed by atoms with van der Waals surface area (Å²) in [6.07, 6.45) is 4.22. The Kier molecular flexibility index (Phi) is 2.35. The van der Waals surface area contributed by atoms with Gasteiger partial charge in [0, 0.05) is 12.1 Å². The van der Waals surface area contributed by atoms with Gasteiger partial charge in [0.15, 0.2) is 0 Å². The minimum atomic E-state index is 0.119. The van der Waals surface area contributed by atoms with Crippen LogP contribution in [0, 0.1) is 0 Å². The molecule has 0 spiro atoms. The van der Waals surface area contributed by atoms with E-state index >= 15 is 0 Å². The monoisotopic (exact) mass is 187 g/mol. The van der Waals surface area contributed by atoms with Crippen LogP contribution in [0.25, 0.3) is 0 Å². The van der Waals surface area contributed by atoms with Crippen molar-refractivity contribution in [3.8, 4) is 0 Å². The van der Waals surface area contributed by atoms with E-state index in [4.69, 9.17) is 0 Å². The number of rotatable bonds is 2. The minimum absolute atomic E-state index is 0.119. The van der Waals surface area contributed by atoms with Crippen molar-refractivity contribution in [3.05, 3.63) is 42.0 Å². The summed E-state index contributed by atoms with van der Waals surface area (Å²) in [5.41, 5.74) is 3.52. The SMILES string of the molecule is C=CCc1cccc2c1CCC(=O)N2. The molecule has 2 nitrogen and oxygen atoms in total. The van der Waals surface area contributed by atoms with Crippen molar-refractivity contribution in [1.29, 1.82) is 0 Å². The summed E-state index contributed by atoms with van der Waals surface area (Å²) >= 11 is 0. The average Bonchev–Trinajstić information content (AvgIpc) is 2.18. The first-order valence-electron chi connectivity index (χ1n) is 4.83. The number of hydrogen-bond donors (Lipinski definition) is 1. The van der Waals surface area contributed by atoms with Gasteiger partial charge in [-0.25, -0.2) is 0 Å². The van der Waals surface area contributed by atoms with E-state index in [0.717, 1.165) is 18.5 Å². The van der Waals surface area contributed by atoms with E-state index in [-0.39, 0.29) is 5.91 Å². The Labute approximate surface area is 83.6 Å². The molecular formula is C12H13NO. The number of fused-ring (bicyclic) bond motifs is 1. The quantitative estimate of drug-likeness (QED) is 0.707. The van der Waals surface area contributed by atoms with Gasteiger partial charge in [-0.15, -0.1) is 6.58 Å². The largest absolute Gasteiger partial charge is 0.326 e. The lowest BCUT2D eigenvalue weighted by Crippen LogP contribution is -2.19. The molecule has 0 aliphatic carbocycles. The third kappa shape index (κ3) is 1.55. The highest BCUT2D eigenvalue weighted by Crippen LogP contribution is 2.26. The topological polar surface area (TPSA) is 29.1 Å². The van der Waals surface area contributed by atoms with E-state index in [2.05, 4.69) is 18.0 Å². The molecule has 1 heterocycles. The summed E-state index contributed by atoms with van der Waals surface area (Å²) in [5, 5.41) is 2.89. The lowest BCUT2D eigenvalue weighted by Gasteiger charge is -2.19. The maximum Gasteiger partial charge on any atom is 0.224 e. The van der Waals surface area contributed by atoms with E-state index in [9.17, 15) is 4.79 Å². The zero-order valence-electron chi connectivity index (χ0n) is 8.05. The van der Waals surface area contributed by atoms with Gasteiger partial charge in [-0.3, -0.25) is 4.79 Å². The number of allylic oxidation sites excluding steroid dienone is 1. The maximum atomic E-state index is 11.2. The number of benzene rings is 1. The van der Waals surface area contributed by atoms with Crippen molar-refractivity contribution in [2.75, 3.05) is 5.32 Å². The van der Waals surface area contributed by atoms with Gasteiger partial charge in [0.1, 0.15) is 0 Å². The smallest absolute Gasteiger partial charge is 0.224 e. The van der Waals surface area contributed by atoms with Gasteiger partial charge < -0.3 is 5.32 Å². The molecular weight excluding hydrogens is 174 g/mol. The van der Waals surface area contributed by atoms with Gasteiger partial charge in [-0.05, 0) is 30.0 Å². The lowest BCUT2D eigenvalue weighted by molar-refractivity contribution is -0.116. The van der Waals surface area contributed by atoms with E-state index in [1.54, 1.807) is 0 Å². The van der Waals surface area contributed by atoms with Crippen LogP contribution < -0.4 is 5.32 Å². The molecule has 0 saturated heterocycles. The maximum absolute atomic E-state index is 11.2. The van der Waals surface area contributed by atoms with E-state index in [1.165, 1.54) is 11.1 Å². The Balaban J connectivity index is 2.40. The Morgan fingerprint density at radius 2 is 2.29 bits per heavy atom. The molecule has 1 N–H and O–H groups in total. The molecule has 0 saturated carbocycles. The van der Waals surface area contributed by atoms with Crippen molar-refractivity contribution < 1.29 is 4.79 Å². The van der Waals surface area contributed by atoms with Gasteiger partial charge >= 0.3 is 0 Å². The first-order chi connectivity index (χ1) is 6.81. The van der Waals surface area contributed by atoms with Gasteiger partial charge in [0.2, 0.25) is 5.91 Å². The molecule has 0 radical (unpaired) electrons. The van der Waals surface area contributed by atoms with Crippen molar-refractivity contribution in [2.24, 2.45) is 0 Å². The highest BCUT2D eigenvalue weighted by Gasteiger charge is 2.16. The van der Waals surface area contributed by atoms with E-state index in [0.29, 0.717) is 6.42 Å². The predicted octanol–water partition coefficient (Wildman–Crippen LogP) is 2.30. The van der Waals surface area contributed by atoms with Crippen molar-refractivity contribution >= 4 is 11.6 Å². The van der Waals surface area contributed by atoms with Crippen molar-refractivity contribution in [3.63, 3.8) is 0 Å². The number of nitrogens with one attached hydrogen (secondary N) is 1. The summed E-state index contributed by atoms with van der Waals surface area (Å²) in [6.45, 7) is 3.73. The predicted molar refractivity (Wildman–Crippen MR) is 57.3 cm³/mol. The van der Waals surface area contributed by atoms with E-state index in [1.807, 2.05) is 18.2 Å². The highest BCUT2D eigenvalue weighted by molar-refractivity contribution is 5.94. The van der Waals surface area contributed by atoms with Crippen LogP contribution in [-0.2, 0) is 17.6 Å². The molecule has 0 fully saturated rings. The summed E-state index contributed by atoms with van der Waals surface area (Å²) in [5.74, 6) is 0.119. The molecule has 1 aromatic rings. The molecule has 1 aromatic carbocycles. The average molecular weight is 187 g/mol. The summed E-state index contributed by atoms with van der Waals surface area (Å²) in [6, 6.07) is 6.03. The van der Waals surface area contributed by atoms with Crippen molar-refractivity contribution in [1.82, 2.24) is 0 Å². The number of carbonyl (C=O) groups is 1. The minimum Gasteiger partial charge on any atom is -0.326 e. The molecule has 1 aliphatic heterocycles. The lowest BCUT2D eigenvalue weighted by atomic mass is 9.95. The van der Waals surface area contributed by atoms with Crippen LogP contribution in [0.15, 0.2) is 30.9 Å². The molecule has 0 unspecified atom stereocenters. The second-order valence-electron chi connectivity index (χ2n) is 3.48. The summed E-state index contributed by atoms with van der Waals surface area (Å²) in [4.78, 5) is 11.2. The molecule has 2 heteroatoms. The normalized spacial score (nSPS) is 14.4. The van der Waals surface area contributed by atoms with Crippen LogP contribution in [0.5, 0.6) is 0 Å². The molecule has 14 heavy (non-hydrogen) atoms. The third-order valence-corrected chi connectivity index (χ3v) is 2.51. The molecule has 2 rings (SSSR count). The molecule has 0 atom stereocenters. The van der Waals surface area contributed by atoms with Gasteiger partial charge in [-0.2, -0.15) is 0 Å². The molecule has 0 bridgehead atoms. The van der Waals surface area contributed by atoms with Crippen LogP contribution in [0.1, 0.15) is 17.5 Å². The Hall–Kier alpha value is -1.57. The second kappa shape index (κ2) is 3.66. The summed E-state index contributed by atoms with van der Waals surface area (Å²) in [7, 11) is 0. The zero-order chi connectivity index (χ0) is 9.97. The molecule has 1 aliphatic rings. The second-order valence-corrected chi connectivity index (χ2v) is 3.48. The van der Waals surface area contributed by atoms with Gasteiger partial charge in [0.05, 0.1) is 0 Å². The molecule has 0 aromatic heterocycles. The van der Waals surface area contributed by atoms with Crippen LogP contribution in [0.2, 0.25) is 0 Å². The fourth-order valence-electron chi connectivity index (χ4n) is 1.84. The first kappa shape index (κ1) is 9.00. The first-order valence-corrected chi connectivity index (χ1v) is 4.83. The van der Waals surface area contributed by atoms with Crippen LogP contribution in [0.4, 0.5) is 5.69 Å². The number of anilines is 1. The summed E-state index contributed by atoms with van der Waals surface area (Å²) < 4.78 is 0. The number of hydrogen-bond acceptors (Lipinski definition) is 1. The number of carbonyl (C=O) groups excluding carboxylic acids is 1. The standard InChI is InChI=1S/C12H13NO/c1-2-4-9-5-3-6-11-10(9)7-8-12(14)13-11/h2-3,5-6H,1,4,7-8H2,(H,13,14).